The predicted octanol–water partition coefficient (Wildman–Crippen LogP) is 1.39. The highest BCUT2D eigenvalue weighted by Crippen LogP contribution is 2.35. The Hall–Kier alpha value is -1.66. The molecule has 1 atom stereocenters. The Morgan fingerprint density at radius 3 is 3.05 bits per heavy atom. The molecule has 6 heteroatoms. The van der Waals surface area contributed by atoms with Crippen LogP contribution in [0.1, 0.15) is 21.7 Å². The average molecular weight is 277 g/mol. The minimum absolute atomic E-state index is 0.101. The second-order valence-corrected chi connectivity index (χ2v) is 5.85. The van der Waals surface area contributed by atoms with Crippen LogP contribution in [0.4, 0.5) is 5.69 Å². The van der Waals surface area contributed by atoms with Crippen LogP contribution >= 0.6 is 11.3 Å². The van der Waals surface area contributed by atoms with Gasteiger partial charge in [-0.25, -0.2) is 4.98 Å². The third-order valence-corrected chi connectivity index (χ3v) is 4.58. The number of aryl methyl sites for hydroxylation is 1. The highest BCUT2D eigenvalue weighted by molar-refractivity contribution is 7.21. The van der Waals surface area contributed by atoms with Crippen molar-refractivity contribution in [2.45, 2.75) is 19.4 Å². The van der Waals surface area contributed by atoms with Crippen LogP contribution in [0.15, 0.2) is 12.3 Å². The van der Waals surface area contributed by atoms with E-state index in [1.54, 1.807) is 11.1 Å². The van der Waals surface area contributed by atoms with Crippen molar-refractivity contribution in [1.82, 2.24) is 9.88 Å². The number of fused-ring (bicyclic) bond motifs is 1. The monoisotopic (exact) mass is 277 g/mol. The van der Waals surface area contributed by atoms with Gasteiger partial charge in [-0.1, -0.05) is 0 Å². The molecule has 1 fully saturated rings. The second kappa shape index (κ2) is 4.47. The average Bonchev–Trinajstić information content (AvgIpc) is 2.94. The first-order valence-corrected chi connectivity index (χ1v) is 7.00. The topological polar surface area (TPSA) is 79.5 Å². The summed E-state index contributed by atoms with van der Waals surface area (Å²) in [4.78, 5) is 19.7. The van der Waals surface area contributed by atoms with Crippen LogP contribution < -0.4 is 5.73 Å². The van der Waals surface area contributed by atoms with E-state index in [4.69, 9.17) is 5.73 Å². The number of rotatable bonds is 1. The van der Waals surface area contributed by atoms with Crippen molar-refractivity contribution < 1.29 is 9.90 Å². The Morgan fingerprint density at radius 1 is 1.63 bits per heavy atom. The van der Waals surface area contributed by atoms with Crippen molar-refractivity contribution in [3.05, 3.63) is 22.7 Å². The highest BCUT2D eigenvalue weighted by atomic mass is 32.1. The van der Waals surface area contributed by atoms with E-state index in [-0.39, 0.29) is 5.91 Å². The lowest BCUT2D eigenvalue weighted by atomic mass is 10.1. The molecule has 3 rings (SSSR count). The van der Waals surface area contributed by atoms with Gasteiger partial charge in [-0.05, 0) is 25.0 Å². The third kappa shape index (κ3) is 1.97. The van der Waals surface area contributed by atoms with Crippen LogP contribution in [0.3, 0.4) is 0 Å². The summed E-state index contributed by atoms with van der Waals surface area (Å²) < 4.78 is 0. The highest BCUT2D eigenvalue weighted by Gasteiger charge is 2.28. The predicted molar refractivity (Wildman–Crippen MR) is 75.3 cm³/mol. The molecule has 2 aromatic rings. The summed E-state index contributed by atoms with van der Waals surface area (Å²) in [7, 11) is 0. The molecular formula is C13H15N3O2S. The van der Waals surface area contributed by atoms with Crippen molar-refractivity contribution in [1.29, 1.82) is 0 Å². The number of nitrogen functional groups attached to an aromatic ring is 1. The Kier molecular flexibility index (Phi) is 2.91. The maximum atomic E-state index is 12.4. The summed E-state index contributed by atoms with van der Waals surface area (Å²) in [6.45, 7) is 2.93. The van der Waals surface area contributed by atoms with Crippen LogP contribution in [0.25, 0.3) is 10.2 Å². The maximum absolute atomic E-state index is 12.4. The molecule has 5 nitrogen and oxygen atoms in total. The Balaban J connectivity index is 2.03. The van der Waals surface area contributed by atoms with Gasteiger partial charge in [-0.3, -0.25) is 4.79 Å². The molecule has 1 aliphatic heterocycles. The fourth-order valence-corrected chi connectivity index (χ4v) is 3.54. The van der Waals surface area contributed by atoms with Crippen molar-refractivity contribution in [2.75, 3.05) is 18.8 Å². The van der Waals surface area contributed by atoms with E-state index >= 15 is 0 Å². The number of hydrogen-bond donors (Lipinski definition) is 2. The van der Waals surface area contributed by atoms with E-state index < -0.39 is 6.10 Å². The Labute approximate surface area is 114 Å². The van der Waals surface area contributed by atoms with Crippen LogP contribution in [0, 0.1) is 6.92 Å². The zero-order valence-corrected chi connectivity index (χ0v) is 11.4. The van der Waals surface area contributed by atoms with Crippen molar-refractivity contribution in [3.63, 3.8) is 0 Å². The third-order valence-electron chi connectivity index (χ3n) is 3.48. The van der Waals surface area contributed by atoms with E-state index in [9.17, 15) is 9.90 Å². The van der Waals surface area contributed by atoms with Gasteiger partial charge < -0.3 is 15.7 Å². The zero-order valence-electron chi connectivity index (χ0n) is 10.6. The van der Waals surface area contributed by atoms with Gasteiger partial charge in [0.1, 0.15) is 9.71 Å². The SMILES string of the molecule is Cc1ccnc2sc(C(=O)N3CCC(O)C3)c(N)c12. The molecule has 0 radical (unpaired) electrons. The van der Waals surface area contributed by atoms with Crippen molar-refractivity contribution in [2.24, 2.45) is 0 Å². The summed E-state index contributed by atoms with van der Waals surface area (Å²) in [5.74, 6) is -0.101. The number of pyridine rings is 1. The summed E-state index contributed by atoms with van der Waals surface area (Å²) in [6.07, 6.45) is 1.94. The zero-order chi connectivity index (χ0) is 13.6. The maximum Gasteiger partial charge on any atom is 0.266 e. The molecule has 19 heavy (non-hydrogen) atoms. The van der Waals surface area contributed by atoms with Crippen molar-refractivity contribution >= 4 is 33.1 Å². The quantitative estimate of drug-likeness (QED) is 0.825. The lowest BCUT2D eigenvalue weighted by molar-refractivity contribution is 0.0770. The van der Waals surface area contributed by atoms with E-state index in [2.05, 4.69) is 4.98 Å². The fourth-order valence-electron chi connectivity index (χ4n) is 2.43. The smallest absolute Gasteiger partial charge is 0.266 e. The minimum atomic E-state index is -0.417. The number of hydrogen-bond acceptors (Lipinski definition) is 5. The Bertz CT molecular complexity index is 653. The number of aliphatic hydroxyl groups excluding tert-OH is 1. The van der Waals surface area contributed by atoms with E-state index in [1.165, 1.54) is 11.3 Å². The summed E-state index contributed by atoms with van der Waals surface area (Å²) in [5, 5.41) is 10.4. The molecule has 1 aliphatic rings. The summed E-state index contributed by atoms with van der Waals surface area (Å²) >= 11 is 1.33. The summed E-state index contributed by atoms with van der Waals surface area (Å²) in [5.41, 5.74) is 7.64. The largest absolute Gasteiger partial charge is 0.397 e. The standard InChI is InChI=1S/C13H15N3O2S/c1-7-2-4-15-12-9(7)10(14)11(19-12)13(18)16-5-3-8(17)6-16/h2,4,8,17H,3,5-6,14H2,1H3. The van der Waals surface area contributed by atoms with Crippen LogP contribution in [-0.4, -0.2) is 40.1 Å². The molecule has 0 spiro atoms. The van der Waals surface area contributed by atoms with Gasteiger partial charge in [0.05, 0.1) is 11.8 Å². The number of aromatic nitrogens is 1. The molecule has 2 aromatic heterocycles. The van der Waals surface area contributed by atoms with Gasteiger partial charge in [-0.2, -0.15) is 0 Å². The lowest BCUT2D eigenvalue weighted by Crippen LogP contribution is -2.29. The summed E-state index contributed by atoms with van der Waals surface area (Å²) in [6, 6.07) is 1.89. The first-order valence-electron chi connectivity index (χ1n) is 6.19. The molecule has 0 bridgehead atoms. The van der Waals surface area contributed by atoms with Gasteiger partial charge in [0.2, 0.25) is 0 Å². The fraction of sp³-hybridized carbons (Fsp3) is 0.385. The van der Waals surface area contributed by atoms with Crippen LogP contribution in [0.5, 0.6) is 0 Å². The molecular weight excluding hydrogens is 262 g/mol. The normalized spacial score (nSPS) is 19.3. The van der Waals surface area contributed by atoms with E-state index in [1.807, 2.05) is 13.0 Å². The number of anilines is 1. The van der Waals surface area contributed by atoms with E-state index in [0.717, 1.165) is 15.8 Å². The van der Waals surface area contributed by atoms with Gasteiger partial charge >= 0.3 is 0 Å². The van der Waals surface area contributed by atoms with Crippen molar-refractivity contribution in [3.8, 4) is 0 Å². The van der Waals surface area contributed by atoms with E-state index in [0.29, 0.717) is 30.1 Å². The van der Waals surface area contributed by atoms with Crippen LogP contribution in [0.2, 0.25) is 0 Å². The number of nitrogens with two attached hydrogens (primary N) is 1. The molecule has 3 N–H and O–H groups in total. The first kappa shape index (κ1) is 12.4. The Morgan fingerprint density at radius 2 is 2.42 bits per heavy atom. The molecule has 3 heterocycles. The molecule has 1 unspecified atom stereocenters. The number of aliphatic hydroxyl groups is 1. The lowest BCUT2D eigenvalue weighted by Gasteiger charge is -2.14. The molecule has 0 aliphatic carbocycles. The number of likely N-dealkylation sites (tertiary alicyclic amines) is 1. The number of β-amino-alcohol motifs (C(OH)–C–C–N with tert-alkyl or cyclic N) is 1. The number of amides is 1. The van der Waals surface area contributed by atoms with Crippen LogP contribution in [-0.2, 0) is 0 Å². The number of thiophene rings is 1. The molecule has 1 saturated heterocycles. The van der Waals surface area contributed by atoms with Gasteiger partial charge in [0.15, 0.2) is 0 Å². The molecule has 100 valence electrons. The second-order valence-electron chi connectivity index (χ2n) is 4.85. The molecule has 1 amide bonds. The van der Waals surface area contributed by atoms with Gasteiger partial charge in [0.25, 0.3) is 5.91 Å². The van der Waals surface area contributed by atoms with Gasteiger partial charge in [0, 0.05) is 24.7 Å². The first-order chi connectivity index (χ1) is 9.08. The minimum Gasteiger partial charge on any atom is -0.397 e. The molecule has 0 aromatic carbocycles. The number of carbonyl (C=O) groups excluding carboxylic acids is 1. The van der Waals surface area contributed by atoms with Gasteiger partial charge in [-0.15, -0.1) is 11.3 Å². The molecule has 0 saturated carbocycles. The number of carbonyl (C=O) groups is 1. The number of nitrogens with zero attached hydrogens (tertiary/aromatic N) is 2.